The van der Waals surface area contributed by atoms with E-state index in [1.54, 1.807) is 22.5 Å². The third-order valence-electron chi connectivity index (χ3n) is 4.95. The first-order valence-corrected chi connectivity index (χ1v) is 9.49. The number of sulfonamides is 1. The highest BCUT2D eigenvalue weighted by Gasteiger charge is 2.41. The summed E-state index contributed by atoms with van der Waals surface area (Å²) >= 11 is 0. The molecular formula is C16H21NO4S. The topological polar surface area (TPSA) is 55.8 Å². The molecule has 2 fully saturated rings. The van der Waals surface area contributed by atoms with Gasteiger partial charge in [-0.05, 0) is 36.6 Å². The average molecular weight is 323 g/mol. The van der Waals surface area contributed by atoms with Crippen LogP contribution >= 0.6 is 0 Å². The Morgan fingerprint density at radius 3 is 2.91 bits per heavy atom. The normalized spacial score (nSPS) is 28.7. The van der Waals surface area contributed by atoms with Gasteiger partial charge >= 0.3 is 0 Å². The van der Waals surface area contributed by atoms with Crippen LogP contribution in [0.1, 0.15) is 31.2 Å². The van der Waals surface area contributed by atoms with E-state index in [0.717, 1.165) is 43.4 Å². The SMILES string of the molecule is O=S(=O)(c1ccc2c(c1)CCO2)N1CCOC2CCCCC21. The first-order chi connectivity index (χ1) is 10.7. The molecule has 1 aromatic carbocycles. The van der Waals surface area contributed by atoms with E-state index >= 15 is 0 Å². The molecule has 1 aromatic rings. The summed E-state index contributed by atoms with van der Waals surface area (Å²) in [7, 11) is -3.46. The van der Waals surface area contributed by atoms with E-state index in [-0.39, 0.29) is 12.1 Å². The van der Waals surface area contributed by atoms with Crippen molar-refractivity contribution in [3.05, 3.63) is 23.8 Å². The van der Waals surface area contributed by atoms with Gasteiger partial charge in [-0.3, -0.25) is 0 Å². The van der Waals surface area contributed by atoms with Crippen LogP contribution in [0, 0.1) is 0 Å². The maximum absolute atomic E-state index is 13.1. The standard InChI is InChI=1S/C16H21NO4S/c18-22(19,13-5-6-15-12(11-13)7-9-20-15)17-8-10-21-16-4-2-1-3-14(16)17/h5-6,11,14,16H,1-4,7-10H2. The highest BCUT2D eigenvalue weighted by Crippen LogP contribution is 2.34. The third kappa shape index (κ3) is 2.33. The van der Waals surface area contributed by atoms with Crippen molar-refractivity contribution in [1.29, 1.82) is 0 Å². The summed E-state index contributed by atoms with van der Waals surface area (Å²) in [6.45, 7) is 1.59. The fourth-order valence-corrected chi connectivity index (χ4v) is 5.53. The molecule has 22 heavy (non-hydrogen) atoms. The van der Waals surface area contributed by atoms with E-state index in [1.807, 2.05) is 0 Å². The van der Waals surface area contributed by atoms with E-state index in [0.29, 0.717) is 24.7 Å². The van der Waals surface area contributed by atoms with Gasteiger partial charge in [0, 0.05) is 13.0 Å². The van der Waals surface area contributed by atoms with Crippen molar-refractivity contribution < 1.29 is 17.9 Å². The van der Waals surface area contributed by atoms with Gasteiger partial charge in [-0.2, -0.15) is 4.31 Å². The Balaban J connectivity index is 1.67. The van der Waals surface area contributed by atoms with Crippen LogP contribution in [0.4, 0.5) is 0 Å². The Kier molecular flexibility index (Phi) is 3.63. The molecular weight excluding hydrogens is 302 g/mol. The minimum absolute atomic E-state index is 0.00277. The lowest BCUT2D eigenvalue weighted by Crippen LogP contribution is -2.54. The maximum atomic E-state index is 13.1. The number of hydrogen-bond donors (Lipinski definition) is 0. The highest BCUT2D eigenvalue weighted by atomic mass is 32.2. The van der Waals surface area contributed by atoms with Crippen LogP contribution in [-0.2, 0) is 21.2 Å². The fraction of sp³-hybridized carbons (Fsp3) is 0.625. The molecule has 1 aliphatic carbocycles. The molecule has 6 heteroatoms. The smallest absolute Gasteiger partial charge is 0.243 e. The molecule has 1 saturated carbocycles. The summed E-state index contributed by atoms with van der Waals surface area (Å²) in [6, 6.07) is 5.24. The zero-order valence-corrected chi connectivity index (χ0v) is 13.3. The molecule has 0 spiro atoms. The second kappa shape index (κ2) is 5.51. The molecule has 5 nitrogen and oxygen atoms in total. The molecule has 0 aromatic heterocycles. The summed E-state index contributed by atoms with van der Waals surface area (Å²) < 4.78 is 39.1. The second-order valence-electron chi connectivity index (χ2n) is 6.24. The Hall–Kier alpha value is -1.11. The predicted octanol–water partition coefficient (Wildman–Crippen LogP) is 1.95. The van der Waals surface area contributed by atoms with E-state index in [4.69, 9.17) is 9.47 Å². The monoisotopic (exact) mass is 323 g/mol. The molecule has 1 saturated heterocycles. The quantitative estimate of drug-likeness (QED) is 0.835. The average Bonchev–Trinajstić information content (AvgIpc) is 3.02. The van der Waals surface area contributed by atoms with Crippen LogP contribution in [0.3, 0.4) is 0 Å². The number of nitrogens with zero attached hydrogens (tertiary/aromatic N) is 1. The van der Waals surface area contributed by atoms with Gasteiger partial charge in [0.15, 0.2) is 0 Å². The van der Waals surface area contributed by atoms with Gasteiger partial charge in [0.25, 0.3) is 0 Å². The van der Waals surface area contributed by atoms with Crippen molar-refractivity contribution in [1.82, 2.24) is 4.31 Å². The van der Waals surface area contributed by atoms with Crippen LogP contribution in [0.5, 0.6) is 5.75 Å². The summed E-state index contributed by atoms with van der Waals surface area (Å²) in [4.78, 5) is 0.392. The molecule has 0 bridgehead atoms. The fourth-order valence-electron chi connectivity index (χ4n) is 3.82. The number of benzene rings is 1. The van der Waals surface area contributed by atoms with E-state index in [9.17, 15) is 8.42 Å². The van der Waals surface area contributed by atoms with Crippen molar-refractivity contribution in [2.24, 2.45) is 0 Å². The minimum atomic E-state index is -3.46. The summed E-state index contributed by atoms with van der Waals surface area (Å²) in [5, 5.41) is 0. The summed E-state index contributed by atoms with van der Waals surface area (Å²) in [5.41, 5.74) is 0.995. The van der Waals surface area contributed by atoms with Crippen molar-refractivity contribution in [3.63, 3.8) is 0 Å². The van der Waals surface area contributed by atoms with E-state index in [2.05, 4.69) is 0 Å². The van der Waals surface area contributed by atoms with Crippen molar-refractivity contribution in [3.8, 4) is 5.75 Å². The van der Waals surface area contributed by atoms with Gasteiger partial charge in [0.05, 0.1) is 30.3 Å². The minimum Gasteiger partial charge on any atom is -0.493 e. The third-order valence-corrected chi connectivity index (χ3v) is 6.87. The molecule has 4 rings (SSSR count). The largest absolute Gasteiger partial charge is 0.493 e. The van der Waals surface area contributed by atoms with E-state index in [1.165, 1.54) is 0 Å². The van der Waals surface area contributed by atoms with Gasteiger partial charge in [0.1, 0.15) is 5.75 Å². The van der Waals surface area contributed by atoms with Gasteiger partial charge in [-0.25, -0.2) is 8.42 Å². The highest BCUT2D eigenvalue weighted by molar-refractivity contribution is 7.89. The molecule has 2 aliphatic heterocycles. The van der Waals surface area contributed by atoms with E-state index < -0.39 is 10.0 Å². The lowest BCUT2D eigenvalue weighted by Gasteiger charge is -2.42. The first-order valence-electron chi connectivity index (χ1n) is 8.05. The van der Waals surface area contributed by atoms with Gasteiger partial charge in [0.2, 0.25) is 10.0 Å². The Bertz CT molecular complexity index is 671. The Morgan fingerprint density at radius 1 is 1.14 bits per heavy atom. The zero-order chi connectivity index (χ0) is 15.2. The predicted molar refractivity (Wildman–Crippen MR) is 81.5 cm³/mol. The van der Waals surface area contributed by atoms with Crippen LogP contribution in [0.2, 0.25) is 0 Å². The molecule has 0 amide bonds. The maximum Gasteiger partial charge on any atom is 0.243 e. The molecule has 2 heterocycles. The number of ether oxygens (including phenoxy) is 2. The van der Waals surface area contributed by atoms with Crippen molar-refractivity contribution in [2.75, 3.05) is 19.8 Å². The van der Waals surface area contributed by atoms with Crippen LogP contribution < -0.4 is 4.74 Å². The first kappa shape index (κ1) is 14.5. The number of fused-ring (bicyclic) bond motifs is 2. The summed E-state index contributed by atoms with van der Waals surface area (Å²) in [6.07, 6.45) is 4.93. The van der Waals surface area contributed by atoms with Crippen molar-refractivity contribution in [2.45, 2.75) is 49.1 Å². The van der Waals surface area contributed by atoms with Gasteiger partial charge in [-0.1, -0.05) is 12.8 Å². The van der Waals surface area contributed by atoms with Gasteiger partial charge < -0.3 is 9.47 Å². The Labute approximate surface area is 131 Å². The molecule has 2 unspecified atom stereocenters. The lowest BCUT2D eigenvalue weighted by molar-refractivity contribution is -0.0586. The number of rotatable bonds is 2. The molecule has 120 valence electrons. The molecule has 0 radical (unpaired) electrons. The van der Waals surface area contributed by atoms with Gasteiger partial charge in [-0.15, -0.1) is 0 Å². The Morgan fingerprint density at radius 2 is 2.00 bits per heavy atom. The summed E-state index contributed by atoms with van der Waals surface area (Å²) in [5.74, 6) is 0.816. The van der Waals surface area contributed by atoms with Crippen LogP contribution in [0.25, 0.3) is 0 Å². The number of morpholine rings is 1. The second-order valence-corrected chi connectivity index (χ2v) is 8.14. The molecule has 2 atom stereocenters. The van der Waals surface area contributed by atoms with Crippen LogP contribution in [0.15, 0.2) is 23.1 Å². The number of hydrogen-bond acceptors (Lipinski definition) is 4. The molecule has 0 N–H and O–H groups in total. The van der Waals surface area contributed by atoms with Crippen molar-refractivity contribution >= 4 is 10.0 Å². The van der Waals surface area contributed by atoms with Crippen LogP contribution in [-0.4, -0.2) is 44.6 Å². The molecule has 3 aliphatic rings. The lowest BCUT2D eigenvalue weighted by atomic mass is 9.91. The zero-order valence-electron chi connectivity index (χ0n) is 12.5.